The molecule has 2 nitrogen and oxygen atoms in total. The molecule has 6 heteroatoms. The molecule has 0 saturated carbocycles. The number of aromatic hydroxyl groups is 1. The first kappa shape index (κ1) is 14.5. The van der Waals surface area contributed by atoms with Gasteiger partial charge in [0, 0.05) is 16.3 Å². The molecule has 0 spiro atoms. The normalized spacial score (nSPS) is 11.2. The number of nitrogens with zero attached hydrogens (tertiary/aromatic N) is 1. The van der Waals surface area contributed by atoms with Crippen LogP contribution in [0.3, 0.4) is 0 Å². The van der Waals surface area contributed by atoms with Crippen molar-refractivity contribution in [2.45, 2.75) is 0 Å². The van der Waals surface area contributed by atoms with Gasteiger partial charge in [-0.1, -0.05) is 27.5 Å². The molecule has 2 aromatic carbocycles. The van der Waals surface area contributed by atoms with Gasteiger partial charge in [-0.25, -0.2) is 4.39 Å². The van der Waals surface area contributed by atoms with Crippen molar-refractivity contribution in [3.63, 3.8) is 0 Å². The van der Waals surface area contributed by atoms with Crippen molar-refractivity contribution >= 4 is 55.4 Å². The molecule has 98 valence electrons. The molecular weight excluding hydrogens is 400 g/mol. The molecule has 0 fully saturated rings. The SMILES string of the molecule is Oc1c(Br)cc(Br)cc1C=Nc1ccc(F)c(Cl)c1. The Kier molecular flexibility index (Phi) is 4.60. The molecule has 0 atom stereocenters. The van der Waals surface area contributed by atoms with E-state index in [1.54, 1.807) is 12.1 Å². The zero-order valence-corrected chi connectivity index (χ0v) is 13.3. The first-order valence-corrected chi connectivity index (χ1v) is 7.11. The lowest BCUT2D eigenvalue weighted by atomic mass is 10.2. The van der Waals surface area contributed by atoms with E-state index in [0.29, 0.717) is 15.7 Å². The summed E-state index contributed by atoms with van der Waals surface area (Å²) in [7, 11) is 0. The zero-order valence-electron chi connectivity index (χ0n) is 9.37. The highest BCUT2D eigenvalue weighted by molar-refractivity contribution is 9.11. The van der Waals surface area contributed by atoms with Crippen LogP contribution < -0.4 is 0 Å². The van der Waals surface area contributed by atoms with Crippen molar-refractivity contribution in [1.29, 1.82) is 0 Å². The monoisotopic (exact) mass is 405 g/mol. The number of rotatable bonds is 2. The van der Waals surface area contributed by atoms with Gasteiger partial charge in [-0.05, 0) is 46.3 Å². The smallest absolute Gasteiger partial charge is 0.141 e. The van der Waals surface area contributed by atoms with Crippen molar-refractivity contribution in [1.82, 2.24) is 0 Å². The Morgan fingerprint density at radius 1 is 1.21 bits per heavy atom. The molecule has 0 radical (unpaired) electrons. The summed E-state index contributed by atoms with van der Waals surface area (Å²) in [5.41, 5.74) is 1.03. The molecule has 0 aliphatic heterocycles. The van der Waals surface area contributed by atoms with Gasteiger partial charge in [0.1, 0.15) is 11.6 Å². The number of halogens is 4. The summed E-state index contributed by atoms with van der Waals surface area (Å²) < 4.78 is 14.4. The zero-order chi connectivity index (χ0) is 14.0. The Morgan fingerprint density at radius 2 is 1.95 bits per heavy atom. The third-order valence-electron chi connectivity index (χ3n) is 2.31. The molecule has 0 bridgehead atoms. The second-order valence-corrected chi connectivity index (χ2v) is 5.86. The summed E-state index contributed by atoms with van der Waals surface area (Å²) in [5.74, 6) is -0.408. The molecule has 19 heavy (non-hydrogen) atoms. The van der Waals surface area contributed by atoms with Crippen LogP contribution in [0.15, 0.2) is 44.3 Å². The minimum atomic E-state index is -0.492. The van der Waals surface area contributed by atoms with Crippen molar-refractivity contribution in [2.24, 2.45) is 4.99 Å². The van der Waals surface area contributed by atoms with E-state index in [1.807, 2.05) is 0 Å². The Hall–Kier alpha value is -0.910. The molecule has 0 amide bonds. The second kappa shape index (κ2) is 6.03. The maximum atomic E-state index is 13.0. The van der Waals surface area contributed by atoms with Gasteiger partial charge in [-0.2, -0.15) is 0 Å². The number of aliphatic imine (C=N–C) groups is 1. The van der Waals surface area contributed by atoms with Crippen LogP contribution in [-0.4, -0.2) is 11.3 Å². The molecule has 0 aliphatic carbocycles. The van der Waals surface area contributed by atoms with Gasteiger partial charge in [-0.3, -0.25) is 4.99 Å². The van der Waals surface area contributed by atoms with E-state index in [2.05, 4.69) is 36.9 Å². The Labute approximate surface area is 131 Å². The lowest BCUT2D eigenvalue weighted by Gasteiger charge is -2.03. The molecule has 0 aliphatic rings. The summed E-state index contributed by atoms with van der Waals surface area (Å²) in [6.07, 6.45) is 1.48. The van der Waals surface area contributed by atoms with Crippen LogP contribution in [-0.2, 0) is 0 Å². The summed E-state index contributed by atoms with van der Waals surface area (Å²) in [5, 5.41) is 9.86. The number of phenols is 1. The maximum Gasteiger partial charge on any atom is 0.141 e. The van der Waals surface area contributed by atoms with Crippen molar-refractivity contribution < 1.29 is 9.50 Å². The fraction of sp³-hybridized carbons (Fsp3) is 0. The van der Waals surface area contributed by atoms with E-state index in [9.17, 15) is 9.50 Å². The Bertz CT molecular complexity index is 661. The van der Waals surface area contributed by atoms with Gasteiger partial charge in [0.25, 0.3) is 0 Å². The van der Waals surface area contributed by atoms with E-state index in [1.165, 1.54) is 24.4 Å². The fourth-order valence-electron chi connectivity index (χ4n) is 1.39. The Morgan fingerprint density at radius 3 is 2.63 bits per heavy atom. The van der Waals surface area contributed by atoms with E-state index in [0.717, 1.165) is 4.47 Å². The molecule has 0 aromatic heterocycles. The Balaban J connectivity index is 2.35. The lowest BCUT2D eigenvalue weighted by Crippen LogP contribution is -1.84. The fourth-order valence-corrected chi connectivity index (χ4v) is 2.83. The van der Waals surface area contributed by atoms with Gasteiger partial charge < -0.3 is 5.11 Å². The molecule has 0 saturated heterocycles. The lowest BCUT2D eigenvalue weighted by molar-refractivity contribution is 0.471. The highest BCUT2D eigenvalue weighted by Gasteiger charge is 2.05. The van der Waals surface area contributed by atoms with Crippen LogP contribution in [0.1, 0.15) is 5.56 Å². The average molecular weight is 407 g/mol. The predicted octanol–water partition coefficient (Wildman–Crippen LogP) is 5.46. The predicted molar refractivity (Wildman–Crippen MR) is 82.2 cm³/mol. The second-order valence-electron chi connectivity index (χ2n) is 3.68. The molecule has 1 N–H and O–H groups in total. The van der Waals surface area contributed by atoms with E-state index >= 15 is 0 Å². The largest absolute Gasteiger partial charge is 0.506 e. The third-order valence-corrected chi connectivity index (χ3v) is 3.67. The number of hydrogen-bond acceptors (Lipinski definition) is 2. The number of phenolic OH excluding ortho intramolecular Hbond substituents is 1. The summed E-state index contributed by atoms with van der Waals surface area (Å²) in [6.45, 7) is 0. The highest BCUT2D eigenvalue weighted by atomic mass is 79.9. The summed E-state index contributed by atoms with van der Waals surface area (Å²) >= 11 is 12.2. The average Bonchev–Trinajstić information content (AvgIpc) is 2.36. The van der Waals surface area contributed by atoms with Crippen molar-refractivity contribution in [2.75, 3.05) is 0 Å². The van der Waals surface area contributed by atoms with Gasteiger partial charge in [0.15, 0.2) is 0 Å². The summed E-state index contributed by atoms with van der Waals surface area (Å²) in [4.78, 5) is 4.14. The topological polar surface area (TPSA) is 32.6 Å². The minimum Gasteiger partial charge on any atom is -0.506 e. The standard InChI is InChI=1S/C13H7Br2ClFNO/c14-8-3-7(13(19)10(15)4-8)6-18-9-1-2-12(17)11(16)5-9/h1-6,19H. The molecular formula is C13H7Br2ClFNO. The molecule has 0 unspecified atom stereocenters. The molecule has 2 aromatic rings. The number of benzene rings is 2. The summed E-state index contributed by atoms with van der Waals surface area (Å²) in [6, 6.07) is 7.60. The van der Waals surface area contributed by atoms with Crippen molar-refractivity contribution in [3.05, 3.63) is 55.7 Å². The van der Waals surface area contributed by atoms with E-state index in [4.69, 9.17) is 11.6 Å². The van der Waals surface area contributed by atoms with Crippen LogP contribution >= 0.6 is 43.5 Å². The van der Waals surface area contributed by atoms with Gasteiger partial charge in [0.05, 0.1) is 15.2 Å². The highest BCUT2D eigenvalue weighted by Crippen LogP contribution is 2.31. The molecule has 2 rings (SSSR count). The van der Waals surface area contributed by atoms with Gasteiger partial charge in [0.2, 0.25) is 0 Å². The van der Waals surface area contributed by atoms with E-state index < -0.39 is 5.82 Å². The first-order valence-electron chi connectivity index (χ1n) is 5.14. The van der Waals surface area contributed by atoms with Gasteiger partial charge in [-0.15, -0.1) is 0 Å². The van der Waals surface area contributed by atoms with Crippen LogP contribution in [0.5, 0.6) is 5.75 Å². The maximum absolute atomic E-state index is 13.0. The van der Waals surface area contributed by atoms with E-state index in [-0.39, 0.29) is 10.8 Å². The van der Waals surface area contributed by atoms with Crippen LogP contribution in [0, 0.1) is 5.82 Å². The first-order chi connectivity index (χ1) is 8.97. The van der Waals surface area contributed by atoms with Crippen LogP contribution in [0.25, 0.3) is 0 Å². The van der Waals surface area contributed by atoms with Gasteiger partial charge >= 0.3 is 0 Å². The quantitative estimate of drug-likeness (QED) is 0.659. The third kappa shape index (κ3) is 3.55. The van der Waals surface area contributed by atoms with Crippen LogP contribution in [0.4, 0.5) is 10.1 Å². The molecule has 0 heterocycles. The van der Waals surface area contributed by atoms with Crippen molar-refractivity contribution in [3.8, 4) is 5.75 Å². The number of hydrogen-bond donors (Lipinski definition) is 1. The van der Waals surface area contributed by atoms with Crippen LogP contribution in [0.2, 0.25) is 5.02 Å². The minimum absolute atomic E-state index is 0.00861.